The predicted octanol–water partition coefficient (Wildman–Crippen LogP) is 1.12. The van der Waals surface area contributed by atoms with Crippen molar-refractivity contribution in [1.29, 1.82) is 0 Å². The van der Waals surface area contributed by atoms with Gasteiger partial charge in [-0.3, -0.25) is 4.68 Å². The van der Waals surface area contributed by atoms with E-state index in [1.165, 1.54) is 12.4 Å². The molecule has 0 radical (unpaired) electrons. The van der Waals surface area contributed by atoms with E-state index in [0.717, 1.165) is 17.4 Å². The number of sulfone groups is 1. The highest BCUT2D eigenvalue weighted by Gasteiger charge is 2.32. The van der Waals surface area contributed by atoms with E-state index in [1.807, 2.05) is 24.3 Å². The van der Waals surface area contributed by atoms with Crippen molar-refractivity contribution in [3.05, 3.63) is 47.8 Å². The van der Waals surface area contributed by atoms with Crippen molar-refractivity contribution in [2.45, 2.75) is 23.5 Å². The van der Waals surface area contributed by atoms with Gasteiger partial charge in [-0.25, -0.2) is 8.42 Å². The third-order valence-electron chi connectivity index (χ3n) is 3.51. The zero-order chi connectivity index (χ0) is 13.6. The molecule has 0 saturated heterocycles. The monoisotopic (exact) mass is 278 g/mol. The number of aliphatic hydroxyl groups is 1. The average Bonchev–Trinajstić information content (AvgIpc) is 2.94. The lowest BCUT2D eigenvalue weighted by molar-refractivity contribution is 0.121. The van der Waals surface area contributed by atoms with E-state index in [0.29, 0.717) is 6.42 Å². The summed E-state index contributed by atoms with van der Waals surface area (Å²) in [6.45, 7) is 0. The number of nitrogens with zero attached hydrogens (tertiary/aromatic N) is 2. The van der Waals surface area contributed by atoms with Gasteiger partial charge in [0, 0.05) is 12.5 Å². The third-order valence-corrected chi connectivity index (χ3v) is 4.58. The summed E-state index contributed by atoms with van der Waals surface area (Å²) in [6.07, 6.45) is 3.96. The van der Waals surface area contributed by atoms with E-state index in [1.54, 1.807) is 4.68 Å². The Kier molecular flexibility index (Phi) is 2.72. The van der Waals surface area contributed by atoms with Crippen LogP contribution in [-0.2, 0) is 16.3 Å². The Labute approximate surface area is 111 Å². The van der Waals surface area contributed by atoms with Gasteiger partial charge in [0.05, 0.1) is 12.2 Å². The van der Waals surface area contributed by atoms with Crippen LogP contribution in [0, 0.1) is 0 Å². The lowest BCUT2D eigenvalue weighted by atomic mass is 10.1. The van der Waals surface area contributed by atoms with E-state index in [2.05, 4.69) is 5.10 Å². The molecule has 5 nitrogen and oxygen atoms in total. The first-order chi connectivity index (χ1) is 8.97. The van der Waals surface area contributed by atoms with Gasteiger partial charge in [-0.2, -0.15) is 5.10 Å². The number of aromatic nitrogens is 2. The van der Waals surface area contributed by atoms with Gasteiger partial charge in [0.1, 0.15) is 11.0 Å². The van der Waals surface area contributed by atoms with E-state index in [9.17, 15) is 13.5 Å². The van der Waals surface area contributed by atoms with Crippen LogP contribution in [-0.4, -0.2) is 29.6 Å². The molecule has 1 aliphatic rings. The number of fused-ring (bicyclic) bond motifs is 1. The quantitative estimate of drug-likeness (QED) is 0.893. The van der Waals surface area contributed by atoms with Crippen molar-refractivity contribution in [2.24, 2.45) is 0 Å². The Balaban J connectivity index is 1.96. The summed E-state index contributed by atoms with van der Waals surface area (Å²) in [7, 11) is -3.26. The normalized spacial score (nSPS) is 22.4. The molecule has 6 heteroatoms. The van der Waals surface area contributed by atoms with Gasteiger partial charge in [0.25, 0.3) is 0 Å². The molecule has 100 valence electrons. The Morgan fingerprint density at radius 3 is 2.74 bits per heavy atom. The Bertz CT molecular complexity index is 721. The number of hydrogen-bond acceptors (Lipinski definition) is 4. The van der Waals surface area contributed by atoms with Gasteiger partial charge in [-0.15, -0.1) is 0 Å². The topological polar surface area (TPSA) is 72.2 Å². The first-order valence-electron chi connectivity index (χ1n) is 5.97. The number of benzene rings is 1. The summed E-state index contributed by atoms with van der Waals surface area (Å²) in [5, 5.41) is 14.4. The lowest BCUT2D eigenvalue weighted by Crippen LogP contribution is -2.14. The summed E-state index contributed by atoms with van der Waals surface area (Å²) < 4.78 is 24.4. The fourth-order valence-corrected chi connectivity index (χ4v) is 3.02. The standard InChI is InChI=1S/C13H14N2O3S/c1-19(17,18)10-7-14-15(8-10)12-6-9-4-2-3-5-11(9)13(12)16/h2-5,7-8,12-13,16H,6H2,1H3. The number of aliphatic hydroxyl groups excluding tert-OH is 1. The summed E-state index contributed by atoms with van der Waals surface area (Å²) in [5.74, 6) is 0. The van der Waals surface area contributed by atoms with Crippen LogP contribution in [0.15, 0.2) is 41.6 Å². The summed E-state index contributed by atoms with van der Waals surface area (Å²) in [6, 6.07) is 7.43. The van der Waals surface area contributed by atoms with Crippen molar-refractivity contribution >= 4 is 9.84 Å². The molecule has 1 N–H and O–H groups in total. The summed E-state index contributed by atoms with van der Waals surface area (Å²) in [5.41, 5.74) is 1.97. The highest BCUT2D eigenvalue weighted by molar-refractivity contribution is 7.90. The number of hydrogen-bond donors (Lipinski definition) is 1. The molecule has 0 bridgehead atoms. The van der Waals surface area contributed by atoms with E-state index >= 15 is 0 Å². The van der Waals surface area contributed by atoms with Gasteiger partial charge >= 0.3 is 0 Å². The Morgan fingerprint density at radius 2 is 2.11 bits per heavy atom. The molecule has 2 aromatic rings. The maximum Gasteiger partial charge on any atom is 0.178 e. The van der Waals surface area contributed by atoms with Crippen LogP contribution >= 0.6 is 0 Å². The van der Waals surface area contributed by atoms with Crippen LogP contribution in [0.2, 0.25) is 0 Å². The van der Waals surface area contributed by atoms with Gasteiger partial charge in [-0.05, 0) is 17.5 Å². The lowest BCUT2D eigenvalue weighted by Gasteiger charge is -2.15. The van der Waals surface area contributed by atoms with Crippen molar-refractivity contribution in [2.75, 3.05) is 6.26 Å². The Morgan fingerprint density at radius 1 is 1.37 bits per heavy atom. The van der Waals surface area contributed by atoms with Gasteiger partial charge in [0.15, 0.2) is 9.84 Å². The van der Waals surface area contributed by atoms with Gasteiger partial charge < -0.3 is 5.11 Å². The molecule has 1 heterocycles. The van der Waals surface area contributed by atoms with E-state index < -0.39 is 15.9 Å². The highest BCUT2D eigenvalue weighted by atomic mass is 32.2. The SMILES string of the molecule is CS(=O)(=O)c1cnn(C2Cc3ccccc3C2O)c1. The van der Waals surface area contributed by atoms with Crippen LogP contribution in [0.1, 0.15) is 23.3 Å². The average molecular weight is 278 g/mol. The second kappa shape index (κ2) is 4.18. The van der Waals surface area contributed by atoms with E-state index in [-0.39, 0.29) is 10.9 Å². The number of rotatable bonds is 2. The molecule has 2 unspecified atom stereocenters. The minimum atomic E-state index is -3.26. The van der Waals surface area contributed by atoms with Crippen molar-refractivity contribution < 1.29 is 13.5 Å². The van der Waals surface area contributed by atoms with Crippen molar-refractivity contribution in [3.63, 3.8) is 0 Å². The molecule has 19 heavy (non-hydrogen) atoms. The molecule has 0 spiro atoms. The van der Waals surface area contributed by atoms with E-state index in [4.69, 9.17) is 0 Å². The first kappa shape index (κ1) is 12.4. The molecule has 0 amide bonds. The summed E-state index contributed by atoms with van der Waals surface area (Å²) in [4.78, 5) is 0.177. The van der Waals surface area contributed by atoms with Crippen LogP contribution in [0.3, 0.4) is 0 Å². The fraction of sp³-hybridized carbons (Fsp3) is 0.308. The van der Waals surface area contributed by atoms with Gasteiger partial charge in [-0.1, -0.05) is 24.3 Å². The zero-order valence-corrected chi connectivity index (χ0v) is 11.2. The minimum absolute atomic E-state index is 0.177. The van der Waals surface area contributed by atoms with Crippen LogP contribution < -0.4 is 0 Å². The molecule has 1 aromatic carbocycles. The molecule has 1 aromatic heterocycles. The fourth-order valence-electron chi connectivity index (χ4n) is 2.48. The molecule has 0 fully saturated rings. The predicted molar refractivity (Wildman–Crippen MR) is 69.5 cm³/mol. The molecule has 0 saturated carbocycles. The smallest absolute Gasteiger partial charge is 0.178 e. The second-order valence-corrected chi connectivity index (χ2v) is 6.86. The molecule has 0 aliphatic heterocycles. The molecule has 1 aliphatic carbocycles. The molecular weight excluding hydrogens is 264 g/mol. The zero-order valence-electron chi connectivity index (χ0n) is 10.4. The van der Waals surface area contributed by atoms with Gasteiger partial charge in [0.2, 0.25) is 0 Å². The summed E-state index contributed by atoms with van der Waals surface area (Å²) >= 11 is 0. The minimum Gasteiger partial charge on any atom is -0.386 e. The van der Waals surface area contributed by atoms with Crippen molar-refractivity contribution in [3.8, 4) is 0 Å². The van der Waals surface area contributed by atoms with Crippen LogP contribution in [0.5, 0.6) is 0 Å². The molecule has 3 rings (SSSR count). The Hall–Kier alpha value is -1.66. The maximum atomic E-state index is 11.4. The first-order valence-corrected chi connectivity index (χ1v) is 7.86. The van der Waals surface area contributed by atoms with Crippen LogP contribution in [0.25, 0.3) is 0 Å². The third kappa shape index (κ3) is 2.06. The molecular formula is C13H14N2O3S. The molecule has 2 atom stereocenters. The van der Waals surface area contributed by atoms with Crippen molar-refractivity contribution in [1.82, 2.24) is 9.78 Å². The van der Waals surface area contributed by atoms with Crippen LogP contribution in [0.4, 0.5) is 0 Å². The highest BCUT2D eigenvalue weighted by Crippen LogP contribution is 2.38. The largest absolute Gasteiger partial charge is 0.386 e. The second-order valence-electron chi connectivity index (χ2n) is 4.84. The maximum absolute atomic E-state index is 11.4.